The molecule has 0 aromatic heterocycles. The van der Waals surface area contributed by atoms with Gasteiger partial charge in [-0.2, -0.15) is 10.0 Å². The van der Waals surface area contributed by atoms with E-state index in [-0.39, 0.29) is 24.0 Å². The highest BCUT2D eigenvalue weighted by Gasteiger charge is 2.37. The summed E-state index contributed by atoms with van der Waals surface area (Å²) < 4.78 is 0. The van der Waals surface area contributed by atoms with Crippen LogP contribution < -0.4 is 0 Å². The smallest absolute Gasteiger partial charge is 0.272 e. The maximum absolute atomic E-state index is 13.4. The third kappa shape index (κ3) is 5.69. The van der Waals surface area contributed by atoms with Crippen molar-refractivity contribution in [1.29, 1.82) is 0 Å². The zero-order chi connectivity index (χ0) is 23.1. The minimum Gasteiger partial charge on any atom is -0.272 e. The average molecular weight is 435 g/mol. The summed E-state index contributed by atoms with van der Waals surface area (Å²) in [6, 6.07) is 13.5. The first kappa shape index (κ1) is 23.4. The van der Waals surface area contributed by atoms with Gasteiger partial charge in [-0.15, -0.1) is 0 Å². The first-order chi connectivity index (χ1) is 15.4. The van der Waals surface area contributed by atoms with Crippen molar-refractivity contribution in [3.05, 3.63) is 70.8 Å². The Bertz CT molecular complexity index is 898. The lowest BCUT2D eigenvalue weighted by atomic mass is 10.1. The van der Waals surface area contributed by atoms with Crippen LogP contribution in [-0.4, -0.2) is 33.6 Å². The molecule has 3 rings (SSSR count). The molecule has 1 aliphatic rings. The van der Waals surface area contributed by atoms with Crippen LogP contribution in [0.4, 0.5) is 0 Å². The minimum absolute atomic E-state index is 0.0998. The van der Waals surface area contributed by atoms with Gasteiger partial charge in [-0.25, -0.2) is 0 Å². The Balaban J connectivity index is 2.05. The van der Waals surface area contributed by atoms with E-state index in [1.807, 2.05) is 13.8 Å². The summed E-state index contributed by atoms with van der Waals surface area (Å²) in [6.07, 6.45) is 5.13. The highest BCUT2D eigenvalue weighted by Crippen LogP contribution is 2.20. The first-order valence-electron chi connectivity index (χ1n) is 11.3. The second kappa shape index (κ2) is 10.8. The Kier molecular flexibility index (Phi) is 7.92. The van der Waals surface area contributed by atoms with E-state index in [1.54, 1.807) is 48.5 Å². The lowest BCUT2D eigenvalue weighted by Gasteiger charge is -2.32. The average Bonchev–Trinajstić information content (AvgIpc) is 2.78. The number of carbonyl (C=O) groups is 4. The van der Waals surface area contributed by atoms with Crippen molar-refractivity contribution in [3.63, 3.8) is 0 Å². The third-order valence-electron chi connectivity index (χ3n) is 5.69. The van der Waals surface area contributed by atoms with Gasteiger partial charge in [-0.1, -0.05) is 61.1 Å². The number of carbonyl (C=O) groups excluding carboxylic acids is 4. The fraction of sp³-hybridized carbons (Fsp3) is 0.385. The Morgan fingerprint density at radius 2 is 0.875 bits per heavy atom. The summed E-state index contributed by atoms with van der Waals surface area (Å²) in [6.45, 7) is 3.79. The van der Waals surface area contributed by atoms with Crippen LogP contribution in [0.2, 0.25) is 0 Å². The number of nitrogens with zero attached hydrogens (tertiary/aromatic N) is 2. The van der Waals surface area contributed by atoms with Gasteiger partial charge in [0.2, 0.25) is 11.8 Å². The number of hydrogen-bond acceptors (Lipinski definition) is 4. The number of benzene rings is 2. The number of imide groups is 2. The second-order valence-electron chi connectivity index (χ2n) is 8.37. The molecule has 0 aliphatic carbocycles. The molecule has 0 unspecified atom stereocenters. The summed E-state index contributed by atoms with van der Waals surface area (Å²) in [7, 11) is 0. The van der Waals surface area contributed by atoms with Crippen molar-refractivity contribution in [2.45, 2.75) is 65.2 Å². The molecule has 0 saturated carbocycles. The van der Waals surface area contributed by atoms with E-state index >= 15 is 0 Å². The highest BCUT2D eigenvalue weighted by molar-refractivity contribution is 6.12. The van der Waals surface area contributed by atoms with Crippen LogP contribution in [0.15, 0.2) is 48.5 Å². The van der Waals surface area contributed by atoms with Gasteiger partial charge in [0.25, 0.3) is 11.8 Å². The number of rotatable bonds is 2. The number of hydrogen-bond donors (Lipinski definition) is 0. The van der Waals surface area contributed by atoms with Gasteiger partial charge in [0.05, 0.1) is 0 Å². The van der Waals surface area contributed by atoms with Crippen molar-refractivity contribution in [3.8, 4) is 0 Å². The molecule has 1 saturated heterocycles. The van der Waals surface area contributed by atoms with Crippen molar-refractivity contribution in [2.24, 2.45) is 0 Å². The van der Waals surface area contributed by atoms with E-state index in [2.05, 4.69) is 0 Å². The molecule has 4 amide bonds. The first-order valence-corrected chi connectivity index (χ1v) is 11.3. The molecular weight excluding hydrogens is 404 g/mol. The topological polar surface area (TPSA) is 74.8 Å². The molecule has 0 spiro atoms. The molecule has 0 N–H and O–H groups in total. The zero-order valence-corrected chi connectivity index (χ0v) is 18.8. The summed E-state index contributed by atoms with van der Waals surface area (Å²) in [5.41, 5.74) is 2.44. The van der Waals surface area contributed by atoms with E-state index in [1.165, 1.54) is 0 Å². The molecule has 32 heavy (non-hydrogen) atoms. The predicted octanol–water partition coefficient (Wildman–Crippen LogP) is 4.99. The van der Waals surface area contributed by atoms with E-state index in [0.29, 0.717) is 12.8 Å². The van der Waals surface area contributed by atoms with Crippen LogP contribution in [0.3, 0.4) is 0 Å². The molecule has 6 nitrogen and oxygen atoms in total. The van der Waals surface area contributed by atoms with Gasteiger partial charge in [0.15, 0.2) is 0 Å². The molecule has 2 aromatic carbocycles. The minimum atomic E-state index is -0.666. The normalized spacial score (nSPS) is 16.3. The quantitative estimate of drug-likeness (QED) is 0.624. The van der Waals surface area contributed by atoms with E-state index < -0.39 is 23.6 Å². The van der Waals surface area contributed by atoms with E-state index in [4.69, 9.17) is 0 Å². The van der Waals surface area contributed by atoms with Gasteiger partial charge < -0.3 is 0 Å². The summed E-state index contributed by atoms with van der Waals surface area (Å²) in [5, 5.41) is 1.55. The lowest BCUT2D eigenvalue weighted by molar-refractivity contribution is -0.152. The molecule has 1 aliphatic heterocycles. The van der Waals surface area contributed by atoms with Crippen LogP contribution in [0.25, 0.3) is 0 Å². The van der Waals surface area contributed by atoms with Crippen LogP contribution in [0, 0.1) is 13.8 Å². The van der Waals surface area contributed by atoms with Gasteiger partial charge in [0.1, 0.15) is 0 Å². The van der Waals surface area contributed by atoms with Crippen LogP contribution in [-0.2, 0) is 9.59 Å². The van der Waals surface area contributed by atoms with Crippen LogP contribution in [0.1, 0.15) is 83.2 Å². The fourth-order valence-corrected chi connectivity index (χ4v) is 3.74. The Labute approximate surface area is 189 Å². The Morgan fingerprint density at radius 3 is 1.22 bits per heavy atom. The Hall–Kier alpha value is -3.28. The number of hydrazine groups is 1. The van der Waals surface area contributed by atoms with Crippen molar-refractivity contribution < 1.29 is 19.2 Å². The molecule has 0 bridgehead atoms. The molecule has 1 fully saturated rings. The molecule has 0 atom stereocenters. The van der Waals surface area contributed by atoms with E-state index in [9.17, 15) is 19.2 Å². The third-order valence-corrected chi connectivity index (χ3v) is 5.69. The molecule has 1 heterocycles. The van der Waals surface area contributed by atoms with Gasteiger partial charge >= 0.3 is 0 Å². The molecule has 168 valence electrons. The Morgan fingerprint density at radius 1 is 0.562 bits per heavy atom. The molecule has 0 radical (unpaired) electrons. The highest BCUT2D eigenvalue weighted by atomic mass is 16.2. The maximum atomic E-state index is 13.4. The standard InChI is InChI=1S/C26H30N2O4/c1-19-11-15-21(16-12-19)25(31)27-23(29)9-7-5-3-4-6-8-10-24(30)28(27)26(32)22-17-13-20(2)14-18-22/h11-18H,3-10H2,1-2H3. The fourth-order valence-electron chi connectivity index (χ4n) is 3.74. The summed E-state index contributed by atoms with van der Waals surface area (Å²) in [4.78, 5) is 53.3. The van der Waals surface area contributed by atoms with Crippen molar-refractivity contribution >= 4 is 23.6 Å². The summed E-state index contributed by atoms with van der Waals surface area (Å²) >= 11 is 0. The molecule has 6 heteroatoms. The predicted molar refractivity (Wildman–Crippen MR) is 122 cm³/mol. The zero-order valence-electron chi connectivity index (χ0n) is 18.8. The van der Waals surface area contributed by atoms with Gasteiger partial charge in [0, 0.05) is 24.0 Å². The number of amides is 4. The van der Waals surface area contributed by atoms with Gasteiger partial charge in [-0.05, 0) is 51.0 Å². The molecular formula is C26H30N2O4. The van der Waals surface area contributed by atoms with Crippen molar-refractivity contribution in [1.82, 2.24) is 10.0 Å². The van der Waals surface area contributed by atoms with Crippen LogP contribution in [0.5, 0.6) is 0 Å². The monoisotopic (exact) mass is 434 g/mol. The summed E-state index contributed by atoms with van der Waals surface area (Å²) in [5.74, 6) is -2.41. The lowest BCUT2D eigenvalue weighted by Crippen LogP contribution is -2.55. The SMILES string of the molecule is Cc1ccc(C(=O)N2C(=O)CCCCCCCCC(=O)N2C(=O)c2ccc(C)cc2)cc1. The number of aryl methyl sites for hydroxylation is 2. The second-order valence-corrected chi connectivity index (χ2v) is 8.37. The largest absolute Gasteiger partial charge is 0.280 e. The van der Waals surface area contributed by atoms with Crippen molar-refractivity contribution in [2.75, 3.05) is 0 Å². The molecule has 2 aromatic rings. The maximum Gasteiger partial charge on any atom is 0.280 e. The van der Waals surface area contributed by atoms with Gasteiger partial charge in [-0.3, -0.25) is 19.2 Å². The van der Waals surface area contributed by atoms with Crippen LogP contribution >= 0.6 is 0 Å². The van der Waals surface area contributed by atoms with E-state index in [0.717, 1.165) is 46.8 Å².